The molecule has 1 aromatic carbocycles. The van der Waals surface area contributed by atoms with Crippen molar-refractivity contribution in [2.45, 2.75) is 25.9 Å². The van der Waals surface area contributed by atoms with Gasteiger partial charge in [-0.15, -0.1) is 0 Å². The average Bonchev–Trinajstić information content (AvgIpc) is 2.37. The van der Waals surface area contributed by atoms with Crippen LogP contribution in [0.25, 0.3) is 0 Å². The van der Waals surface area contributed by atoms with Crippen molar-refractivity contribution in [1.82, 2.24) is 0 Å². The van der Waals surface area contributed by atoms with Gasteiger partial charge in [-0.05, 0) is 18.6 Å². The highest BCUT2D eigenvalue weighted by molar-refractivity contribution is 7.82. The highest BCUT2D eigenvalue weighted by Gasteiger charge is 2.12. The minimum atomic E-state index is -0.689. The first-order valence-corrected chi connectivity index (χ1v) is 6.09. The molecule has 2 N–H and O–H groups in total. The Morgan fingerprint density at radius 3 is 2.89 bits per heavy atom. The van der Waals surface area contributed by atoms with Crippen molar-refractivity contribution >= 4 is 24.5 Å². The molecule has 4 nitrogen and oxygen atoms in total. The molecule has 100 valence electrons. The van der Waals surface area contributed by atoms with Gasteiger partial charge in [-0.3, -0.25) is 0 Å². The zero-order chi connectivity index (χ0) is 13.5. The van der Waals surface area contributed by atoms with Crippen LogP contribution < -0.4 is 14.8 Å². The number of ether oxygens (including phenoxy) is 1. The highest BCUT2D eigenvalue weighted by Crippen LogP contribution is 2.23. The maximum absolute atomic E-state index is 12.7. The predicted octanol–water partition coefficient (Wildman–Crippen LogP) is 2.93. The number of carbonyl (C=O) groups is 1. The fourth-order valence-corrected chi connectivity index (χ4v) is 1.62. The van der Waals surface area contributed by atoms with E-state index in [1.54, 1.807) is 24.3 Å². The fraction of sp³-hybridized carbons (Fsp3) is 0.417. The zero-order valence-corrected chi connectivity index (χ0v) is 11.1. The molecule has 0 saturated heterocycles. The number of benzene rings is 1. The third kappa shape index (κ3) is 4.10. The second-order valence-corrected chi connectivity index (χ2v) is 4.23. The standard InChI is InChI=1S/C12H17FN2O2S/c1-2-4-11(8-13)17-10-6-3-5-9(7-10)15(18)12(14)16/h3,5-7,11,18H,2,4,8H2,1H3,(H2,14,16). The van der Waals surface area contributed by atoms with Gasteiger partial charge in [-0.2, -0.15) is 0 Å². The second kappa shape index (κ2) is 7.10. The fourth-order valence-electron chi connectivity index (χ4n) is 1.50. The maximum Gasteiger partial charge on any atom is 0.329 e. The largest absolute Gasteiger partial charge is 0.488 e. The molecule has 0 fully saturated rings. The molecule has 0 aliphatic carbocycles. The molecule has 0 aromatic heterocycles. The Hall–Kier alpha value is -1.43. The van der Waals surface area contributed by atoms with Crippen molar-refractivity contribution in [1.29, 1.82) is 0 Å². The molecule has 0 bridgehead atoms. The van der Waals surface area contributed by atoms with Crippen LogP contribution in [0.4, 0.5) is 14.9 Å². The highest BCUT2D eigenvalue weighted by atomic mass is 32.1. The maximum atomic E-state index is 12.7. The van der Waals surface area contributed by atoms with Gasteiger partial charge in [0, 0.05) is 6.07 Å². The molecule has 0 aliphatic rings. The number of carbonyl (C=O) groups excluding carboxylic acids is 1. The summed E-state index contributed by atoms with van der Waals surface area (Å²) in [6, 6.07) is 5.96. The van der Waals surface area contributed by atoms with E-state index < -0.39 is 18.8 Å². The quantitative estimate of drug-likeness (QED) is 0.782. The summed E-state index contributed by atoms with van der Waals surface area (Å²) in [5.41, 5.74) is 5.59. The van der Waals surface area contributed by atoms with E-state index in [2.05, 4.69) is 12.8 Å². The lowest BCUT2D eigenvalue weighted by molar-refractivity contribution is 0.154. The van der Waals surface area contributed by atoms with Crippen molar-refractivity contribution in [2.24, 2.45) is 5.73 Å². The third-order valence-electron chi connectivity index (χ3n) is 2.36. The number of primary amides is 1. The summed E-state index contributed by atoms with van der Waals surface area (Å²) in [6.07, 6.45) is 1.02. The SMILES string of the molecule is CCCC(CF)Oc1cccc(N(S)C(N)=O)c1. The van der Waals surface area contributed by atoms with E-state index in [0.717, 1.165) is 10.7 Å². The minimum Gasteiger partial charge on any atom is -0.488 e. The van der Waals surface area contributed by atoms with Crippen LogP contribution in [0.15, 0.2) is 24.3 Å². The molecule has 0 aliphatic heterocycles. The van der Waals surface area contributed by atoms with Crippen LogP contribution in [0.2, 0.25) is 0 Å². The molecule has 1 atom stereocenters. The lowest BCUT2D eigenvalue weighted by Gasteiger charge is -2.17. The molecular formula is C12H17FN2O2S. The summed E-state index contributed by atoms with van der Waals surface area (Å²) in [4.78, 5) is 11.0. The van der Waals surface area contributed by atoms with Gasteiger partial charge in [0.05, 0.1) is 5.69 Å². The number of urea groups is 1. The number of halogens is 1. The van der Waals surface area contributed by atoms with E-state index in [0.29, 0.717) is 17.9 Å². The van der Waals surface area contributed by atoms with E-state index in [9.17, 15) is 9.18 Å². The van der Waals surface area contributed by atoms with E-state index in [1.807, 2.05) is 6.92 Å². The Bertz CT molecular complexity index is 403. The predicted molar refractivity (Wildman–Crippen MR) is 72.8 cm³/mol. The van der Waals surface area contributed by atoms with Gasteiger partial charge in [0.1, 0.15) is 18.5 Å². The van der Waals surface area contributed by atoms with E-state index in [4.69, 9.17) is 10.5 Å². The molecule has 6 heteroatoms. The number of amides is 2. The Balaban J connectivity index is 2.78. The molecule has 0 spiro atoms. The average molecular weight is 272 g/mol. The Labute approximate surface area is 111 Å². The van der Waals surface area contributed by atoms with Crippen molar-refractivity contribution in [2.75, 3.05) is 11.0 Å². The van der Waals surface area contributed by atoms with Crippen molar-refractivity contribution in [3.05, 3.63) is 24.3 Å². The summed E-state index contributed by atoms with van der Waals surface area (Å²) in [7, 11) is 0. The Kier molecular flexibility index (Phi) is 5.77. The minimum absolute atomic E-state index is 0.466. The number of rotatable bonds is 6. The van der Waals surface area contributed by atoms with E-state index in [-0.39, 0.29) is 0 Å². The number of anilines is 1. The van der Waals surface area contributed by atoms with Gasteiger partial charge >= 0.3 is 6.03 Å². The molecule has 18 heavy (non-hydrogen) atoms. The lowest BCUT2D eigenvalue weighted by atomic mass is 10.2. The lowest BCUT2D eigenvalue weighted by Crippen LogP contribution is -2.27. The molecule has 1 aromatic rings. The molecule has 1 unspecified atom stereocenters. The number of nitrogens with zero attached hydrogens (tertiary/aromatic N) is 1. The summed E-state index contributed by atoms with van der Waals surface area (Å²) >= 11 is 3.95. The van der Waals surface area contributed by atoms with Crippen molar-refractivity contribution < 1.29 is 13.9 Å². The molecule has 2 amide bonds. The van der Waals surface area contributed by atoms with Crippen LogP contribution in [0.3, 0.4) is 0 Å². The Morgan fingerprint density at radius 2 is 2.33 bits per heavy atom. The van der Waals surface area contributed by atoms with Crippen LogP contribution >= 0.6 is 12.8 Å². The van der Waals surface area contributed by atoms with Crippen LogP contribution in [-0.2, 0) is 0 Å². The van der Waals surface area contributed by atoms with Crippen LogP contribution in [-0.4, -0.2) is 18.8 Å². The first-order chi connectivity index (χ1) is 8.58. The summed E-state index contributed by atoms with van der Waals surface area (Å²) in [5.74, 6) is 0.490. The monoisotopic (exact) mass is 272 g/mol. The van der Waals surface area contributed by atoms with E-state index in [1.165, 1.54) is 0 Å². The number of thiol groups is 1. The summed E-state index contributed by atoms with van der Waals surface area (Å²) < 4.78 is 19.2. The molecular weight excluding hydrogens is 255 g/mol. The number of hydrogen-bond acceptors (Lipinski definition) is 3. The molecule has 0 saturated carbocycles. The van der Waals surface area contributed by atoms with Crippen molar-refractivity contribution in [3.63, 3.8) is 0 Å². The molecule has 0 radical (unpaired) electrons. The zero-order valence-electron chi connectivity index (χ0n) is 10.2. The first-order valence-electron chi connectivity index (χ1n) is 5.69. The van der Waals surface area contributed by atoms with Crippen molar-refractivity contribution in [3.8, 4) is 5.75 Å². The summed E-state index contributed by atoms with van der Waals surface area (Å²) in [6.45, 7) is 1.42. The van der Waals surface area contributed by atoms with Gasteiger partial charge in [0.25, 0.3) is 0 Å². The third-order valence-corrected chi connectivity index (χ3v) is 2.78. The summed E-state index contributed by atoms with van der Waals surface area (Å²) in [5, 5.41) is 0. The number of alkyl halides is 1. The molecule has 0 heterocycles. The number of nitrogens with two attached hydrogens (primary N) is 1. The first kappa shape index (κ1) is 14.6. The second-order valence-electron chi connectivity index (χ2n) is 3.83. The van der Waals surface area contributed by atoms with Gasteiger partial charge in [-0.1, -0.05) is 32.2 Å². The van der Waals surface area contributed by atoms with Crippen LogP contribution in [0.1, 0.15) is 19.8 Å². The van der Waals surface area contributed by atoms with Gasteiger partial charge < -0.3 is 10.5 Å². The van der Waals surface area contributed by atoms with Crippen LogP contribution in [0, 0.1) is 0 Å². The van der Waals surface area contributed by atoms with E-state index >= 15 is 0 Å². The smallest absolute Gasteiger partial charge is 0.329 e. The van der Waals surface area contributed by atoms with Gasteiger partial charge in [0.15, 0.2) is 0 Å². The number of hydrogen-bond donors (Lipinski definition) is 2. The normalized spacial score (nSPS) is 11.9. The van der Waals surface area contributed by atoms with Crippen LogP contribution in [0.5, 0.6) is 5.75 Å². The van der Waals surface area contributed by atoms with Gasteiger partial charge in [-0.25, -0.2) is 13.5 Å². The van der Waals surface area contributed by atoms with Gasteiger partial charge in [0.2, 0.25) is 0 Å². The Morgan fingerprint density at radius 1 is 1.61 bits per heavy atom. The topological polar surface area (TPSA) is 55.6 Å². The molecule has 1 rings (SSSR count).